The molecular formula is C41H39Cl4N3O4. The van der Waals surface area contributed by atoms with Crippen molar-refractivity contribution in [2.45, 2.75) is 26.5 Å². The molecule has 0 saturated carbocycles. The maximum absolute atomic E-state index is 13.0. The number of carbonyl (C=O) groups is 1. The zero-order chi connectivity index (χ0) is 35.6. The van der Waals surface area contributed by atoms with Gasteiger partial charge in [-0.2, -0.15) is 0 Å². The van der Waals surface area contributed by atoms with Crippen LogP contribution in [0.3, 0.4) is 0 Å². The Hall–Kier alpha value is -4.24. The fourth-order valence-electron chi connectivity index (χ4n) is 5.66. The van der Waals surface area contributed by atoms with Crippen molar-refractivity contribution in [1.29, 1.82) is 0 Å². The highest BCUT2D eigenvalue weighted by atomic mass is 35.5. The average molecular weight is 780 g/mol. The Bertz CT molecular complexity index is 1920. The first kappa shape index (κ1) is 39.0. The lowest BCUT2D eigenvalue weighted by Crippen LogP contribution is -2.47. The summed E-state index contributed by atoms with van der Waals surface area (Å²) >= 11 is 18.8. The number of benzene rings is 4. The molecule has 11 heteroatoms. The van der Waals surface area contributed by atoms with E-state index in [0.29, 0.717) is 58.8 Å². The molecule has 0 unspecified atom stereocenters. The standard InChI is InChI=1S/C41H38Cl3N3O4.ClH/c1-29-24-32(25-38(44)41(29)51-39-16-15-36(26-45-39)50-28-33-4-2-3-5-37(33)43)10-17-40(48)47-21-19-46(20-22-47)27-31-8-6-30(7-9-31)18-23-49-35-13-11-34(42)12-14-35;/h2-17,24-26H,18-23,27-28H2,1H3;1H. The van der Waals surface area contributed by atoms with Crippen LogP contribution in [0.4, 0.5) is 0 Å². The van der Waals surface area contributed by atoms with Crippen molar-refractivity contribution in [3.63, 3.8) is 0 Å². The second kappa shape index (κ2) is 19.0. The number of rotatable bonds is 13. The van der Waals surface area contributed by atoms with Crippen molar-refractivity contribution in [3.8, 4) is 23.1 Å². The Morgan fingerprint density at radius 1 is 0.808 bits per heavy atom. The molecule has 0 radical (unpaired) electrons. The fraction of sp³-hybridized carbons (Fsp3) is 0.220. The van der Waals surface area contributed by atoms with Gasteiger partial charge in [0.15, 0.2) is 5.75 Å². The third kappa shape index (κ3) is 11.1. The van der Waals surface area contributed by atoms with E-state index < -0.39 is 0 Å². The van der Waals surface area contributed by atoms with Crippen LogP contribution in [0.5, 0.6) is 23.1 Å². The zero-order valence-electron chi connectivity index (χ0n) is 28.6. The monoisotopic (exact) mass is 777 g/mol. The van der Waals surface area contributed by atoms with Crippen molar-refractivity contribution < 1.29 is 19.0 Å². The average Bonchev–Trinajstić information content (AvgIpc) is 3.14. The molecule has 1 amide bonds. The minimum atomic E-state index is -0.0185. The molecule has 0 aliphatic carbocycles. The largest absolute Gasteiger partial charge is 0.493 e. The van der Waals surface area contributed by atoms with Crippen molar-refractivity contribution in [2.24, 2.45) is 0 Å². The van der Waals surface area contributed by atoms with Gasteiger partial charge < -0.3 is 19.1 Å². The SMILES string of the molecule is Cc1cc(C=CC(=O)N2CCN(Cc3ccc(CCOc4ccc(Cl)cc4)cc3)CC2)cc(Cl)c1Oc1ccc(OCc2ccccc2Cl)cn1.Cl. The number of pyridine rings is 1. The highest BCUT2D eigenvalue weighted by Gasteiger charge is 2.20. The van der Waals surface area contributed by atoms with E-state index in [2.05, 4.69) is 34.1 Å². The number of hydrogen-bond acceptors (Lipinski definition) is 6. The summed E-state index contributed by atoms with van der Waals surface area (Å²) in [5, 5.41) is 1.78. The number of carbonyl (C=O) groups excluding carboxylic acids is 1. The number of aryl methyl sites for hydroxylation is 1. The maximum Gasteiger partial charge on any atom is 0.246 e. The summed E-state index contributed by atoms with van der Waals surface area (Å²) in [6.07, 6.45) is 5.83. The maximum atomic E-state index is 13.0. The minimum Gasteiger partial charge on any atom is -0.493 e. The fourth-order valence-corrected chi connectivity index (χ4v) is 6.29. The van der Waals surface area contributed by atoms with Crippen LogP contribution in [-0.2, 0) is 24.4 Å². The lowest BCUT2D eigenvalue weighted by atomic mass is 10.1. The predicted molar refractivity (Wildman–Crippen MR) is 212 cm³/mol. The third-order valence-corrected chi connectivity index (χ3v) is 9.43. The number of ether oxygens (including phenoxy) is 3. The van der Waals surface area contributed by atoms with Crippen LogP contribution >= 0.6 is 47.2 Å². The number of nitrogens with zero attached hydrogens (tertiary/aromatic N) is 3. The van der Waals surface area contributed by atoms with E-state index in [1.807, 2.05) is 66.4 Å². The Morgan fingerprint density at radius 3 is 2.21 bits per heavy atom. The number of halogens is 4. The molecular weight excluding hydrogens is 740 g/mol. The molecule has 7 nitrogen and oxygen atoms in total. The van der Waals surface area contributed by atoms with Crippen LogP contribution in [-0.4, -0.2) is 53.5 Å². The van der Waals surface area contributed by atoms with E-state index in [-0.39, 0.29) is 18.3 Å². The molecule has 1 saturated heterocycles. The van der Waals surface area contributed by atoms with Gasteiger partial charge in [-0.05, 0) is 83.8 Å². The van der Waals surface area contributed by atoms with Gasteiger partial charge in [0.1, 0.15) is 18.1 Å². The first-order valence-electron chi connectivity index (χ1n) is 16.7. The van der Waals surface area contributed by atoms with Gasteiger partial charge in [0, 0.05) is 66.9 Å². The molecule has 5 aromatic rings. The van der Waals surface area contributed by atoms with Crippen LogP contribution in [0.1, 0.15) is 27.8 Å². The van der Waals surface area contributed by atoms with Gasteiger partial charge in [-0.1, -0.05) is 77.3 Å². The van der Waals surface area contributed by atoms with Crippen LogP contribution in [0.25, 0.3) is 6.08 Å². The molecule has 0 bridgehead atoms. The van der Waals surface area contributed by atoms with E-state index in [1.54, 1.807) is 36.5 Å². The van der Waals surface area contributed by atoms with Gasteiger partial charge in [0.2, 0.25) is 11.8 Å². The molecule has 1 aliphatic rings. The van der Waals surface area contributed by atoms with Gasteiger partial charge in [0.05, 0.1) is 17.8 Å². The second-order valence-electron chi connectivity index (χ2n) is 12.3. The molecule has 0 atom stereocenters. The molecule has 0 spiro atoms. The van der Waals surface area contributed by atoms with Gasteiger partial charge in [-0.3, -0.25) is 9.69 Å². The normalized spacial score (nSPS) is 13.1. The van der Waals surface area contributed by atoms with Crippen molar-refractivity contribution in [2.75, 3.05) is 32.8 Å². The minimum absolute atomic E-state index is 0. The highest BCUT2D eigenvalue weighted by Crippen LogP contribution is 2.34. The molecule has 4 aromatic carbocycles. The summed E-state index contributed by atoms with van der Waals surface area (Å²) < 4.78 is 17.6. The van der Waals surface area contributed by atoms with Crippen molar-refractivity contribution >= 4 is 59.2 Å². The number of hydrogen-bond donors (Lipinski definition) is 0. The molecule has 2 heterocycles. The lowest BCUT2D eigenvalue weighted by molar-refractivity contribution is -0.127. The van der Waals surface area contributed by atoms with Gasteiger partial charge in [0.25, 0.3) is 0 Å². The third-order valence-electron chi connectivity index (χ3n) is 8.52. The predicted octanol–water partition coefficient (Wildman–Crippen LogP) is 10.1. The molecule has 1 aliphatic heterocycles. The van der Waals surface area contributed by atoms with Crippen molar-refractivity contribution in [1.82, 2.24) is 14.8 Å². The molecule has 6 rings (SSSR count). The van der Waals surface area contributed by atoms with E-state index in [4.69, 9.17) is 49.0 Å². The van der Waals surface area contributed by atoms with Crippen LogP contribution in [0.2, 0.25) is 15.1 Å². The van der Waals surface area contributed by atoms with E-state index in [9.17, 15) is 4.79 Å². The molecule has 1 fully saturated rings. The Morgan fingerprint density at radius 2 is 1.52 bits per heavy atom. The summed E-state index contributed by atoms with van der Waals surface area (Å²) in [7, 11) is 0. The highest BCUT2D eigenvalue weighted by molar-refractivity contribution is 6.32. The summed E-state index contributed by atoms with van der Waals surface area (Å²) in [5.41, 5.74) is 5.01. The number of piperazine rings is 1. The van der Waals surface area contributed by atoms with E-state index >= 15 is 0 Å². The second-order valence-corrected chi connectivity index (χ2v) is 13.5. The Balaban J connectivity index is 0.00000523. The van der Waals surface area contributed by atoms with Crippen molar-refractivity contribution in [3.05, 3.63) is 152 Å². The summed E-state index contributed by atoms with van der Waals surface area (Å²) in [6, 6.07) is 30.8. The number of aromatic nitrogens is 1. The van der Waals surface area contributed by atoms with Gasteiger partial charge >= 0.3 is 0 Å². The van der Waals surface area contributed by atoms with Crippen LogP contribution in [0, 0.1) is 6.92 Å². The number of amides is 1. The molecule has 0 N–H and O–H groups in total. The zero-order valence-corrected chi connectivity index (χ0v) is 31.7. The van der Waals surface area contributed by atoms with Crippen LogP contribution < -0.4 is 14.2 Å². The van der Waals surface area contributed by atoms with Gasteiger partial charge in [-0.25, -0.2) is 4.98 Å². The molecule has 52 heavy (non-hydrogen) atoms. The Labute approximate surface area is 326 Å². The Kier molecular flexibility index (Phi) is 14.3. The summed E-state index contributed by atoms with van der Waals surface area (Å²) in [4.78, 5) is 21.7. The summed E-state index contributed by atoms with van der Waals surface area (Å²) in [6.45, 7) is 6.67. The van der Waals surface area contributed by atoms with Gasteiger partial charge in [-0.15, -0.1) is 12.4 Å². The first-order chi connectivity index (χ1) is 24.8. The first-order valence-corrected chi connectivity index (χ1v) is 17.9. The van der Waals surface area contributed by atoms with Crippen LogP contribution in [0.15, 0.2) is 109 Å². The van der Waals surface area contributed by atoms with E-state index in [1.165, 1.54) is 11.1 Å². The quantitative estimate of drug-likeness (QED) is 0.111. The summed E-state index contributed by atoms with van der Waals surface area (Å²) in [5.74, 6) is 2.28. The molecule has 1 aromatic heterocycles. The van der Waals surface area contributed by atoms with E-state index in [0.717, 1.165) is 48.5 Å². The lowest BCUT2D eigenvalue weighted by Gasteiger charge is -2.34. The topological polar surface area (TPSA) is 64.1 Å². The smallest absolute Gasteiger partial charge is 0.246 e. The molecule has 270 valence electrons.